The summed E-state index contributed by atoms with van der Waals surface area (Å²) < 4.78 is 21.6. The Morgan fingerprint density at radius 2 is 1.71 bits per heavy atom. The van der Waals surface area contributed by atoms with Crippen LogP contribution >= 0.6 is 34.8 Å². The maximum atomic E-state index is 13.3. The van der Waals surface area contributed by atoms with Crippen LogP contribution in [0.25, 0.3) is 0 Å². The van der Waals surface area contributed by atoms with E-state index in [0.717, 1.165) is 17.4 Å². The second-order valence-corrected chi connectivity index (χ2v) is 5.91. The van der Waals surface area contributed by atoms with Crippen molar-refractivity contribution in [1.29, 1.82) is 0 Å². The van der Waals surface area contributed by atoms with Gasteiger partial charge in [-0.3, -0.25) is 0 Å². The van der Waals surface area contributed by atoms with Gasteiger partial charge in [-0.2, -0.15) is 8.73 Å². The van der Waals surface area contributed by atoms with Crippen LogP contribution in [0.4, 0.5) is 32.8 Å². The summed E-state index contributed by atoms with van der Waals surface area (Å²) in [5.41, 5.74) is 7.91. The van der Waals surface area contributed by atoms with Crippen molar-refractivity contribution in [3.8, 4) is 0 Å². The number of hydrogen-bond donors (Lipinski definition) is 2. The third kappa shape index (κ3) is 2.60. The van der Waals surface area contributed by atoms with Crippen molar-refractivity contribution in [2.24, 2.45) is 8.73 Å². The van der Waals surface area contributed by atoms with Crippen molar-refractivity contribution < 1.29 is 4.39 Å². The van der Waals surface area contributed by atoms with Crippen molar-refractivity contribution in [1.82, 2.24) is 0 Å². The Labute approximate surface area is 137 Å². The maximum absolute atomic E-state index is 13.3. The summed E-state index contributed by atoms with van der Waals surface area (Å²) in [6, 6.07) is 4.06. The highest BCUT2D eigenvalue weighted by Crippen LogP contribution is 2.49. The lowest BCUT2D eigenvalue weighted by Crippen LogP contribution is -1.98. The molecule has 0 spiro atoms. The van der Waals surface area contributed by atoms with Gasteiger partial charge in [-0.1, -0.05) is 34.8 Å². The van der Waals surface area contributed by atoms with E-state index in [-0.39, 0.29) is 10.7 Å². The number of nitrogen functional groups attached to an aromatic ring is 1. The first-order valence-corrected chi connectivity index (χ1v) is 7.45. The quantitative estimate of drug-likeness (QED) is 0.562. The second-order valence-electron chi connectivity index (χ2n) is 4.16. The van der Waals surface area contributed by atoms with E-state index in [2.05, 4.69) is 14.0 Å². The Kier molecular flexibility index (Phi) is 3.79. The molecule has 0 atom stereocenters. The number of anilines is 3. The van der Waals surface area contributed by atoms with Gasteiger partial charge in [-0.05, 0) is 12.1 Å². The molecule has 0 saturated heterocycles. The molecule has 0 bridgehead atoms. The van der Waals surface area contributed by atoms with Crippen molar-refractivity contribution in [3.63, 3.8) is 0 Å². The molecular formula is C12H6Cl3FN4S. The molecule has 0 saturated carbocycles. The molecule has 0 unspecified atom stereocenters. The molecule has 21 heavy (non-hydrogen) atoms. The summed E-state index contributed by atoms with van der Waals surface area (Å²) in [7, 11) is 0. The summed E-state index contributed by atoms with van der Waals surface area (Å²) in [5, 5.41) is 3.70. The lowest BCUT2D eigenvalue weighted by Gasteiger charge is -2.14. The van der Waals surface area contributed by atoms with Gasteiger partial charge in [0.25, 0.3) is 0 Å². The van der Waals surface area contributed by atoms with Crippen LogP contribution in [0.2, 0.25) is 15.1 Å². The van der Waals surface area contributed by atoms with Gasteiger partial charge in [0.2, 0.25) is 0 Å². The van der Waals surface area contributed by atoms with E-state index in [4.69, 9.17) is 40.5 Å². The van der Waals surface area contributed by atoms with Crippen LogP contribution in [0.1, 0.15) is 0 Å². The maximum Gasteiger partial charge on any atom is 0.143 e. The fourth-order valence-corrected chi connectivity index (χ4v) is 3.12. The predicted octanol–water partition coefficient (Wildman–Crippen LogP) is 5.84. The number of nitrogens with one attached hydrogen (secondary N) is 1. The first kappa shape index (κ1) is 14.6. The summed E-state index contributed by atoms with van der Waals surface area (Å²) in [5.74, 6) is -0.595. The Hall–Kier alpha value is -1.34. The molecule has 108 valence electrons. The molecule has 3 rings (SSSR count). The zero-order valence-corrected chi connectivity index (χ0v) is 13.2. The molecule has 1 heterocycles. The number of nitrogens with zero attached hydrogens (tertiary/aromatic N) is 2. The van der Waals surface area contributed by atoms with Gasteiger partial charge in [-0.25, -0.2) is 4.39 Å². The lowest BCUT2D eigenvalue weighted by molar-refractivity contribution is 0.629. The molecule has 0 aromatic heterocycles. The summed E-state index contributed by atoms with van der Waals surface area (Å²) in [6.07, 6.45) is 0. The standard InChI is InChI=1S/C12H6Cl3FN4S/c13-4-2-9(8(17)3-7(4)16)18-10-5(14)1-6(15)11-12(10)20-21-19-11/h1-3,18H,17H2. The van der Waals surface area contributed by atoms with Crippen LogP contribution < -0.4 is 11.1 Å². The Balaban J connectivity index is 2.10. The molecule has 9 heteroatoms. The van der Waals surface area contributed by atoms with Gasteiger partial charge >= 0.3 is 0 Å². The highest BCUT2D eigenvalue weighted by Gasteiger charge is 2.19. The van der Waals surface area contributed by atoms with Gasteiger partial charge in [-0.15, -0.1) is 0 Å². The normalized spacial score (nSPS) is 12.2. The molecule has 2 aromatic carbocycles. The predicted molar refractivity (Wildman–Crippen MR) is 87.1 cm³/mol. The molecule has 0 radical (unpaired) electrons. The van der Waals surface area contributed by atoms with Crippen molar-refractivity contribution in [2.45, 2.75) is 0 Å². The van der Waals surface area contributed by atoms with Crippen LogP contribution in [0.15, 0.2) is 26.9 Å². The minimum atomic E-state index is -0.595. The van der Waals surface area contributed by atoms with Crippen molar-refractivity contribution in [2.75, 3.05) is 11.1 Å². The third-order valence-electron chi connectivity index (χ3n) is 2.80. The first-order chi connectivity index (χ1) is 9.97. The monoisotopic (exact) mass is 362 g/mol. The molecule has 1 aliphatic rings. The average Bonchev–Trinajstić information content (AvgIpc) is 2.90. The topological polar surface area (TPSA) is 62.8 Å². The zero-order valence-electron chi connectivity index (χ0n) is 10.1. The molecule has 0 amide bonds. The Morgan fingerprint density at radius 1 is 1.00 bits per heavy atom. The third-order valence-corrected chi connectivity index (χ3v) is 4.20. The van der Waals surface area contributed by atoms with Crippen molar-refractivity contribution in [3.05, 3.63) is 39.1 Å². The number of halogens is 4. The van der Waals surface area contributed by atoms with Crippen LogP contribution in [0.5, 0.6) is 0 Å². The fraction of sp³-hybridized carbons (Fsp3) is 0. The highest BCUT2D eigenvalue weighted by atomic mass is 35.5. The van der Waals surface area contributed by atoms with Crippen LogP contribution in [0.3, 0.4) is 0 Å². The van der Waals surface area contributed by atoms with E-state index >= 15 is 0 Å². The minimum Gasteiger partial charge on any atom is -0.397 e. The fourth-order valence-electron chi connectivity index (χ4n) is 1.80. The number of nitrogens with two attached hydrogens (primary N) is 1. The smallest absolute Gasteiger partial charge is 0.143 e. The summed E-state index contributed by atoms with van der Waals surface area (Å²) in [6.45, 7) is 0. The Morgan fingerprint density at radius 3 is 2.48 bits per heavy atom. The number of rotatable bonds is 2. The van der Waals surface area contributed by atoms with Crippen molar-refractivity contribution >= 4 is 74.6 Å². The lowest BCUT2D eigenvalue weighted by atomic mass is 10.2. The van der Waals surface area contributed by atoms with Gasteiger partial charge in [0, 0.05) is 6.07 Å². The molecule has 0 fully saturated rings. The van der Waals surface area contributed by atoms with E-state index in [1.54, 1.807) is 6.07 Å². The Bertz CT molecular complexity index is 834. The van der Waals surface area contributed by atoms with Gasteiger partial charge in [0.05, 0.1) is 43.5 Å². The number of fused-ring (bicyclic) bond motifs is 1. The van der Waals surface area contributed by atoms with Gasteiger partial charge < -0.3 is 11.1 Å². The zero-order chi connectivity index (χ0) is 15.1. The van der Waals surface area contributed by atoms with Crippen LogP contribution in [0, 0.1) is 5.82 Å². The summed E-state index contributed by atoms with van der Waals surface area (Å²) in [4.78, 5) is 0. The van der Waals surface area contributed by atoms with E-state index in [1.807, 2.05) is 0 Å². The van der Waals surface area contributed by atoms with E-state index in [1.165, 1.54) is 6.07 Å². The van der Waals surface area contributed by atoms with Crippen LogP contribution in [-0.4, -0.2) is 0 Å². The van der Waals surface area contributed by atoms with Gasteiger partial charge in [0.1, 0.15) is 17.2 Å². The van der Waals surface area contributed by atoms with Gasteiger partial charge in [0.15, 0.2) is 0 Å². The molecule has 2 aromatic rings. The SMILES string of the molecule is Nc1cc(F)c(Cl)cc1Nc1c(Cl)cc(Cl)c2c1N=S=N2. The largest absolute Gasteiger partial charge is 0.397 e. The van der Waals surface area contributed by atoms with Crippen LogP contribution in [-0.2, 0) is 11.4 Å². The molecular weight excluding hydrogens is 358 g/mol. The molecule has 0 aliphatic carbocycles. The van der Waals surface area contributed by atoms with E-state index < -0.39 is 5.82 Å². The molecule has 4 nitrogen and oxygen atoms in total. The minimum absolute atomic E-state index is 0.0515. The molecule has 3 N–H and O–H groups in total. The van der Waals surface area contributed by atoms with E-state index in [0.29, 0.717) is 32.8 Å². The van der Waals surface area contributed by atoms with E-state index in [9.17, 15) is 4.39 Å². The number of benzene rings is 2. The first-order valence-electron chi connectivity index (χ1n) is 5.59. The number of hydrogen-bond acceptors (Lipinski definition) is 4. The highest BCUT2D eigenvalue weighted by molar-refractivity contribution is 7.58. The summed E-state index contributed by atoms with van der Waals surface area (Å²) >= 11 is 19.0. The molecule has 1 aliphatic heterocycles. The average molecular weight is 364 g/mol. The second kappa shape index (κ2) is 5.46.